The van der Waals surface area contributed by atoms with Crippen LogP contribution in [0.3, 0.4) is 0 Å². The molecule has 0 saturated heterocycles. The van der Waals surface area contributed by atoms with Gasteiger partial charge in [0.15, 0.2) is 5.82 Å². The molecular formula is C16H18N6OS. The summed E-state index contributed by atoms with van der Waals surface area (Å²) in [5.74, 6) is 1.48. The SMILES string of the molecule is CNCCCSc1cnc(-c2ccc(-n3ccnc3)cc2O)nn1. The molecule has 0 atom stereocenters. The molecule has 0 bridgehead atoms. The molecule has 0 unspecified atom stereocenters. The number of hydrogen-bond donors (Lipinski definition) is 2. The van der Waals surface area contributed by atoms with Gasteiger partial charge in [-0.15, -0.1) is 22.0 Å². The van der Waals surface area contributed by atoms with E-state index >= 15 is 0 Å². The van der Waals surface area contributed by atoms with Crippen LogP contribution >= 0.6 is 11.8 Å². The van der Waals surface area contributed by atoms with E-state index in [1.165, 1.54) is 0 Å². The van der Waals surface area contributed by atoms with E-state index in [2.05, 4.69) is 25.5 Å². The standard InChI is InChI=1S/C16H18N6OS/c1-17-5-2-8-24-15-10-19-16(21-20-15)13-4-3-12(9-14(13)23)22-7-6-18-11-22/h3-4,6-7,9-11,17,23H,2,5,8H2,1H3. The quantitative estimate of drug-likeness (QED) is 0.502. The lowest BCUT2D eigenvalue weighted by Crippen LogP contribution is -2.08. The van der Waals surface area contributed by atoms with Crippen molar-refractivity contribution in [3.8, 4) is 22.8 Å². The summed E-state index contributed by atoms with van der Waals surface area (Å²) < 4.78 is 1.81. The summed E-state index contributed by atoms with van der Waals surface area (Å²) in [6, 6.07) is 5.31. The summed E-state index contributed by atoms with van der Waals surface area (Å²) in [6.45, 7) is 0.975. The zero-order chi connectivity index (χ0) is 16.8. The second kappa shape index (κ2) is 7.89. The predicted molar refractivity (Wildman–Crippen MR) is 93.3 cm³/mol. The Labute approximate surface area is 144 Å². The first kappa shape index (κ1) is 16.4. The number of nitrogens with one attached hydrogen (secondary N) is 1. The molecule has 2 N–H and O–H groups in total. The number of hydrogen-bond acceptors (Lipinski definition) is 7. The van der Waals surface area contributed by atoms with Crippen LogP contribution in [-0.4, -0.2) is 49.2 Å². The van der Waals surface area contributed by atoms with Crippen molar-refractivity contribution in [3.05, 3.63) is 43.1 Å². The van der Waals surface area contributed by atoms with Gasteiger partial charge in [-0.3, -0.25) is 0 Å². The molecule has 0 saturated carbocycles. The van der Waals surface area contributed by atoms with E-state index < -0.39 is 0 Å². The molecule has 0 fully saturated rings. The first-order valence-corrected chi connectivity index (χ1v) is 8.55. The van der Waals surface area contributed by atoms with Crippen LogP contribution in [0.1, 0.15) is 6.42 Å². The normalized spacial score (nSPS) is 10.9. The fourth-order valence-electron chi connectivity index (χ4n) is 2.16. The van der Waals surface area contributed by atoms with E-state index in [0.717, 1.165) is 29.4 Å². The van der Waals surface area contributed by atoms with Gasteiger partial charge >= 0.3 is 0 Å². The second-order valence-electron chi connectivity index (χ2n) is 5.10. The number of rotatable bonds is 7. The highest BCUT2D eigenvalue weighted by Gasteiger charge is 2.10. The summed E-state index contributed by atoms with van der Waals surface area (Å²) >= 11 is 1.62. The van der Waals surface area contributed by atoms with Crippen LogP contribution in [0.15, 0.2) is 48.1 Å². The van der Waals surface area contributed by atoms with E-state index in [9.17, 15) is 5.11 Å². The number of thioether (sulfide) groups is 1. The zero-order valence-electron chi connectivity index (χ0n) is 13.3. The largest absolute Gasteiger partial charge is 0.507 e. The lowest BCUT2D eigenvalue weighted by Gasteiger charge is -2.07. The summed E-state index contributed by atoms with van der Waals surface area (Å²) in [4.78, 5) is 8.31. The molecule has 7 nitrogen and oxygen atoms in total. The minimum atomic E-state index is 0.109. The van der Waals surface area contributed by atoms with E-state index in [1.807, 2.05) is 23.9 Å². The minimum absolute atomic E-state index is 0.109. The predicted octanol–water partition coefficient (Wildman–Crippen LogP) is 2.13. The molecule has 24 heavy (non-hydrogen) atoms. The van der Waals surface area contributed by atoms with Gasteiger partial charge in [-0.1, -0.05) is 0 Å². The van der Waals surface area contributed by atoms with Gasteiger partial charge < -0.3 is 15.0 Å². The number of imidazole rings is 1. The van der Waals surface area contributed by atoms with E-state index in [4.69, 9.17) is 0 Å². The van der Waals surface area contributed by atoms with Crippen molar-refractivity contribution < 1.29 is 5.11 Å². The fraction of sp³-hybridized carbons (Fsp3) is 0.250. The summed E-state index contributed by atoms with van der Waals surface area (Å²) in [6.07, 6.45) is 7.92. The van der Waals surface area contributed by atoms with Gasteiger partial charge in [0.1, 0.15) is 10.8 Å². The van der Waals surface area contributed by atoms with Gasteiger partial charge in [0, 0.05) is 24.2 Å². The van der Waals surface area contributed by atoms with Crippen LogP contribution in [-0.2, 0) is 0 Å². The fourth-order valence-corrected chi connectivity index (χ4v) is 2.89. The molecule has 124 valence electrons. The Kier molecular flexibility index (Phi) is 5.39. The maximum Gasteiger partial charge on any atom is 0.185 e. The van der Waals surface area contributed by atoms with Gasteiger partial charge in [-0.05, 0) is 32.1 Å². The molecule has 8 heteroatoms. The smallest absolute Gasteiger partial charge is 0.185 e. The van der Waals surface area contributed by atoms with Gasteiger partial charge in [0.25, 0.3) is 0 Å². The molecule has 0 spiro atoms. The topological polar surface area (TPSA) is 88.8 Å². The average molecular weight is 342 g/mol. The molecule has 2 heterocycles. The molecule has 2 aromatic heterocycles. The molecule has 0 amide bonds. The van der Waals surface area contributed by atoms with E-state index in [-0.39, 0.29) is 5.75 Å². The molecule has 0 radical (unpaired) electrons. The van der Waals surface area contributed by atoms with Crippen LogP contribution in [0, 0.1) is 0 Å². The average Bonchev–Trinajstić information content (AvgIpc) is 3.14. The van der Waals surface area contributed by atoms with Crippen LogP contribution < -0.4 is 5.32 Å². The minimum Gasteiger partial charge on any atom is -0.507 e. The van der Waals surface area contributed by atoms with Crippen molar-refractivity contribution in [2.45, 2.75) is 11.4 Å². The van der Waals surface area contributed by atoms with Crippen molar-refractivity contribution in [2.24, 2.45) is 0 Å². The van der Waals surface area contributed by atoms with Crippen molar-refractivity contribution >= 4 is 11.8 Å². The first-order valence-electron chi connectivity index (χ1n) is 7.57. The number of aromatic nitrogens is 5. The molecule has 3 rings (SSSR count). The Balaban J connectivity index is 1.72. The highest BCUT2D eigenvalue weighted by Crippen LogP contribution is 2.28. The van der Waals surface area contributed by atoms with Crippen LogP contribution in [0.5, 0.6) is 5.75 Å². The summed E-state index contributed by atoms with van der Waals surface area (Å²) in [5, 5.41) is 22.4. The van der Waals surface area contributed by atoms with Crippen LogP contribution in [0.25, 0.3) is 17.1 Å². The Bertz CT molecular complexity index is 776. The monoisotopic (exact) mass is 342 g/mol. The molecule has 0 aliphatic carbocycles. The zero-order valence-corrected chi connectivity index (χ0v) is 14.1. The van der Waals surface area contributed by atoms with E-state index in [1.54, 1.807) is 42.6 Å². The molecule has 3 aromatic rings. The molecule has 0 aliphatic heterocycles. The Morgan fingerprint density at radius 3 is 2.88 bits per heavy atom. The van der Waals surface area contributed by atoms with E-state index in [0.29, 0.717) is 11.4 Å². The number of aromatic hydroxyl groups is 1. The third kappa shape index (κ3) is 3.90. The lowest BCUT2D eigenvalue weighted by atomic mass is 10.1. The van der Waals surface area contributed by atoms with Crippen molar-refractivity contribution in [1.29, 1.82) is 0 Å². The summed E-state index contributed by atoms with van der Waals surface area (Å²) in [5.41, 5.74) is 1.37. The first-order chi connectivity index (χ1) is 11.8. The number of phenols is 1. The Morgan fingerprint density at radius 2 is 2.21 bits per heavy atom. The van der Waals surface area contributed by atoms with Gasteiger partial charge in [-0.25, -0.2) is 9.97 Å². The van der Waals surface area contributed by atoms with Crippen LogP contribution in [0.2, 0.25) is 0 Å². The van der Waals surface area contributed by atoms with Crippen LogP contribution in [0.4, 0.5) is 0 Å². The highest BCUT2D eigenvalue weighted by molar-refractivity contribution is 7.99. The summed E-state index contributed by atoms with van der Waals surface area (Å²) in [7, 11) is 1.94. The molecule has 0 aliphatic rings. The highest BCUT2D eigenvalue weighted by atomic mass is 32.2. The van der Waals surface area contributed by atoms with Crippen molar-refractivity contribution in [1.82, 2.24) is 30.0 Å². The number of nitrogens with zero attached hydrogens (tertiary/aromatic N) is 5. The molecular weight excluding hydrogens is 324 g/mol. The maximum atomic E-state index is 10.3. The van der Waals surface area contributed by atoms with Gasteiger partial charge in [0.05, 0.1) is 23.8 Å². The van der Waals surface area contributed by atoms with Gasteiger partial charge in [-0.2, -0.15) is 0 Å². The van der Waals surface area contributed by atoms with Crippen molar-refractivity contribution in [3.63, 3.8) is 0 Å². The van der Waals surface area contributed by atoms with Crippen molar-refractivity contribution in [2.75, 3.05) is 19.3 Å². The third-order valence-corrected chi connectivity index (χ3v) is 4.36. The third-order valence-electron chi connectivity index (χ3n) is 3.39. The molecule has 1 aromatic carbocycles. The lowest BCUT2D eigenvalue weighted by molar-refractivity contribution is 0.476. The number of benzene rings is 1. The Hall–Kier alpha value is -2.45. The number of phenolic OH excluding ortho intramolecular Hbond substituents is 1. The maximum absolute atomic E-state index is 10.3. The van der Waals surface area contributed by atoms with Gasteiger partial charge in [0.2, 0.25) is 0 Å². The second-order valence-corrected chi connectivity index (χ2v) is 6.21. The Morgan fingerprint density at radius 1 is 1.29 bits per heavy atom.